The molecule has 0 aliphatic heterocycles. The van der Waals surface area contributed by atoms with Crippen molar-refractivity contribution in [1.82, 2.24) is 0 Å². The highest BCUT2D eigenvalue weighted by atomic mass is 16.5. The van der Waals surface area contributed by atoms with Crippen LogP contribution in [0.2, 0.25) is 0 Å². The second kappa shape index (κ2) is 10.3. The molecule has 0 aliphatic carbocycles. The van der Waals surface area contributed by atoms with Crippen molar-refractivity contribution in [2.24, 2.45) is 10.7 Å². The molecule has 3 N–H and O–H groups in total. The van der Waals surface area contributed by atoms with Crippen molar-refractivity contribution in [2.45, 2.75) is 12.8 Å². The van der Waals surface area contributed by atoms with Gasteiger partial charge in [0.05, 0.1) is 13.7 Å². The van der Waals surface area contributed by atoms with Crippen LogP contribution in [0.15, 0.2) is 59.6 Å². The molecule has 0 aromatic heterocycles. The van der Waals surface area contributed by atoms with E-state index in [1.54, 1.807) is 7.11 Å². The first-order valence-corrected chi connectivity index (χ1v) is 8.10. The maximum absolute atomic E-state index is 5.87. The number of nitrogens with one attached hydrogen (secondary N) is 1. The summed E-state index contributed by atoms with van der Waals surface area (Å²) in [6, 6.07) is 17.9. The molecule has 0 saturated heterocycles. The van der Waals surface area contributed by atoms with E-state index < -0.39 is 0 Å². The molecule has 0 amide bonds. The quantitative estimate of drug-likeness (QED) is 0.422. The molecule has 0 unspecified atom stereocenters. The highest BCUT2D eigenvalue weighted by molar-refractivity contribution is 5.92. The van der Waals surface area contributed by atoms with Crippen LogP contribution in [-0.4, -0.2) is 32.8 Å². The lowest BCUT2D eigenvalue weighted by Gasteiger charge is -2.07. The zero-order chi connectivity index (χ0) is 17.0. The molecule has 5 nitrogen and oxygen atoms in total. The maximum atomic E-state index is 5.87. The Morgan fingerprint density at radius 1 is 1.08 bits per heavy atom. The predicted octanol–water partition coefficient (Wildman–Crippen LogP) is 3.07. The van der Waals surface area contributed by atoms with E-state index in [0.717, 1.165) is 30.9 Å². The second-order valence-corrected chi connectivity index (χ2v) is 5.33. The van der Waals surface area contributed by atoms with Gasteiger partial charge >= 0.3 is 0 Å². The van der Waals surface area contributed by atoms with Crippen LogP contribution >= 0.6 is 0 Å². The summed E-state index contributed by atoms with van der Waals surface area (Å²) < 4.78 is 10.8. The number of methoxy groups -OCH3 is 1. The summed E-state index contributed by atoms with van der Waals surface area (Å²) in [5.41, 5.74) is 8.02. The minimum absolute atomic E-state index is 0.396. The molecule has 0 aliphatic rings. The number of hydrogen-bond donors (Lipinski definition) is 2. The lowest BCUT2D eigenvalue weighted by molar-refractivity contribution is 0.136. The second-order valence-electron chi connectivity index (χ2n) is 5.33. The lowest BCUT2D eigenvalue weighted by Crippen LogP contribution is -2.23. The molecule has 0 atom stereocenters. The van der Waals surface area contributed by atoms with Crippen LogP contribution in [0.3, 0.4) is 0 Å². The third kappa shape index (κ3) is 6.71. The number of aliphatic imine (C=N–C) groups is 1. The molecule has 24 heavy (non-hydrogen) atoms. The summed E-state index contributed by atoms with van der Waals surface area (Å²) in [5, 5.41) is 3.05. The monoisotopic (exact) mass is 327 g/mol. The molecule has 2 aromatic carbocycles. The van der Waals surface area contributed by atoms with Gasteiger partial charge in [-0.1, -0.05) is 36.4 Å². The summed E-state index contributed by atoms with van der Waals surface area (Å²) in [6.07, 6.45) is 1.78. The van der Waals surface area contributed by atoms with E-state index in [1.807, 2.05) is 42.5 Å². The van der Waals surface area contributed by atoms with Gasteiger partial charge in [-0.2, -0.15) is 0 Å². The first-order valence-electron chi connectivity index (χ1n) is 8.10. The molecule has 0 bridgehead atoms. The minimum Gasteiger partial charge on any atom is -0.497 e. The third-order valence-corrected chi connectivity index (χ3v) is 3.45. The van der Waals surface area contributed by atoms with Gasteiger partial charge in [0.15, 0.2) is 5.96 Å². The molecular formula is C19H25N3O2. The number of hydrogen-bond acceptors (Lipinski definition) is 3. The molecule has 0 spiro atoms. The maximum Gasteiger partial charge on any atom is 0.193 e. The molecule has 2 aromatic rings. The zero-order valence-electron chi connectivity index (χ0n) is 14.1. The van der Waals surface area contributed by atoms with Crippen LogP contribution in [0.5, 0.6) is 5.75 Å². The van der Waals surface area contributed by atoms with Crippen LogP contribution in [0, 0.1) is 0 Å². The SMILES string of the molecule is COc1cccc(NC(N)=NCCCOCCc2ccccc2)c1. The number of guanidine groups is 1. The summed E-state index contributed by atoms with van der Waals surface area (Å²) in [6.45, 7) is 2.04. The minimum atomic E-state index is 0.396. The average molecular weight is 327 g/mol. The first kappa shape index (κ1) is 17.8. The van der Waals surface area contributed by atoms with Crippen LogP contribution < -0.4 is 15.8 Å². The third-order valence-electron chi connectivity index (χ3n) is 3.45. The van der Waals surface area contributed by atoms with Crippen molar-refractivity contribution < 1.29 is 9.47 Å². The normalized spacial score (nSPS) is 11.3. The van der Waals surface area contributed by atoms with Crippen molar-refractivity contribution >= 4 is 11.6 Å². The molecule has 128 valence electrons. The van der Waals surface area contributed by atoms with Gasteiger partial charge in [0, 0.05) is 24.9 Å². The van der Waals surface area contributed by atoms with Crippen molar-refractivity contribution in [3.8, 4) is 5.75 Å². The van der Waals surface area contributed by atoms with E-state index in [-0.39, 0.29) is 0 Å². The summed E-state index contributed by atoms with van der Waals surface area (Å²) in [4.78, 5) is 4.29. The molecule has 0 heterocycles. The highest BCUT2D eigenvalue weighted by Crippen LogP contribution is 2.16. The van der Waals surface area contributed by atoms with Gasteiger partial charge < -0.3 is 20.5 Å². The Bertz CT molecular complexity index is 630. The molecule has 2 rings (SSSR count). The van der Waals surface area contributed by atoms with Crippen LogP contribution in [0.1, 0.15) is 12.0 Å². The van der Waals surface area contributed by atoms with E-state index >= 15 is 0 Å². The average Bonchev–Trinajstić information content (AvgIpc) is 2.62. The Balaban J connectivity index is 1.59. The summed E-state index contributed by atoms with van der Waals surface area (Å²) >= 11 is 0. The largest absolute Gasteiger partial charge is 0.497 e. The molecular weight excluding hydrogens is 302 g/mol. The summed E-state index contributed by atoms with van der Waals surface area (Å²) in [5.74, 6) is 1.17. The van der Waals surface area contributed by atoms with Gasteiger partial charge in [-0.3, -0.25) is 4.99 Å². The standard InChI is InChI=1S/C19H25N3O2/c1-23-18-10-5-9-17(15-18)22-19(20)21-12-6-13-24-14-11-16-7-3-2-4-8-16/h2-5,7-10,15H,6,11-14H2,1H3,(H3,20,21,22). The molecule has 0 saturated carbocycles. The van der Waals surface area contributed by atoms with Crippen LogP contribution in [-0.2, 0) is 11.2 Å². The van der Waals surface area contributed by atoms with Gasteiger partial charge in [0.25, 0.3) is 0 Å². The van der Waals surface area contributed by atoms with Crippen LogP contribution in [0.4, 0.5) is 5.69 Å². The van der Waals surface area contributed by atoms with E-state index in [0.29, 0.717) is 19.1 Å². The van der Waals surface area contributed by atoms with Crippen molar-refractivity contribution in [3.63, 3.8) is 0 Å². The van der Waals surface area contributed by atoms with Gasteiger partial charge in [-0.15, -0.1) is 0 Å². The number of nitrogens with zero attached hydrogens (tertiary/aromatic N) is 1. The number of ether oxygens (including phenoxy) is 2. The van der Waals surface area contributed by atoms with E-state index in [4.69, 9.17) is 15.2 Å². The van der Waals surface area contributed by atoms with E-state index in [2.05, 4.69) is 22.4 Å². The topological polar surface area (TPSA) is 68.9 Å². The van der Waals surface area contributed by atoms with Gasteiger partial charge in [-0.05, 0) is 30.5 Å². The van der Waals surface area contributed by atoms with Crippen molar-refractivity contribution in [3.05, 3.63) is 60.2 Å². The fourth-order valence-electron chi connectivity index (χ4n) is 2.19. The highest BCUT2D eigenvalue weighted by Gasteiger charge is 1.97. The Morgan fingerprint density at radius 3 is 2.71 bits per heavy atom. The molecule has 0 radical (unpaired) electrons. The van der Waals surface area contributed by atoms with E-state index in [1.165, 1.54) is 5.56 Å². The fraction of sp³-hybridized carbons (Fsp3) is 0.316. The van der Waals surface area contributed by atoms with Crippen molar-refractivity contribution in [2.75, 3.05) is 32.2 Å². The van der Waals surface area contributed by atoms with Gasteiger partial charge in [0.2, 0.25) is 0 Å². The lowest BCUT2D eigenvalue weighted by atomic mass is 10.2. The molecule has 0 fully saturated rings. The Morgan fingerprint density at radius 2 is 1.92 bits per heavy atom. The predicted molar refractivity (Wildman–Crippen MR) is 98.7 cm³/mol. The number of benzene rings is 2. The van der Waals surface area contributed by atoms with Gasteiger partial charge in [-0.25, -0.2) is 0 Å². The van der Waals surface area contributed by atoms with E-state index in [9.17, 15) is 0 Å². The Kier molecular flexibility index (Phi) is 7.63. The van der Waals surface area contributed by atoms with Gasteiger partial charge in [0.1, 0.15) is 5.75 Å². The first-order chi connectivity index (χ1) is 11.8. The zero-order valence-corrected chi connectivity index (χ0v) is 14.1. The summed E-state index contributed by atoms with van der Waals surface area (Å²) in [7, 11) is 1.63. The Labute approximate surface area is 143 Å². The molecule has 5 heteroatoms. The Hall–Kier alpha value is -2.53. The fourth-order valence-corrected chi connectivity index (χ4v) is 2.19. The number of rotatable bonds is 9. The number of nitrogens with two attached hydrogens (primary N) is 1. The van der Waals surface area contributed by atoms with Crippen molar-refractivity contribution in [1.29, 1.82) is 0 Å². The van der Waals surface area contributed by atoms with Crippen LogP contribution in [0.25, 0.3) is 0 Å². The smallest absolute Gasteiger partial charge is 0.193 e. The number of anilines is 1.